The second kappa shape index (κ2) is 6.08. The minimum atomic E-state index is -0.0724. The van der Waals surface area contributed by atoms with E-state index in [1.807, 2.05) is 36.5 Å². The van der Waals surface area contributed by atoms with Crippen LogP contribution < -0.4 is 10.6 Å². The van der Waals surface area contributed by atoms with E-state index in [1.165, 1.54) is 18.1 Å². The molecule has 0 bridgehead atoms. The average molecular weight is 305 g/mol. The van der Waals surface area contributed by atoms with E-state index in [0.717, 1.165) is 28.0 Å². The molecule has 1 heterocycles. The Bertz CT molecular complexity index is 870. The van der Waals surface area contributed by atoms with E-state index in [1.54, 1.807) is 0 Å². The lowest BCUT2D eigenvalue weighted by Gasteiger charge is -2.12. The number of aromatic nitrogens is 1. The summed E-state index contributed by atoms with van der Waals surface area (Å²) in [7, 11) is 0. The van der Waals surface area contributed by atoms with Crippen LogP contribution in [-0.2, 0) is 4.79 Å². The Labute approximate surface area is 135 Å². The van der Waals surface area contributed by atoms with Gasteiger partial charge < -0.3 is 10.6 Å². The summed E-state index contributed by atoms with van der Waals surface area (Å²) < 4.78 is 0. The van der Waals surface area contributed by atoms with Crippen LogP contribution in [0, 0.1) is 13.8 Å². The molecule has 2 N–H and O–H groups in total. The van der Waals surface area contributed by atoms with E-state index in [0.29, 0.717) is 0 Å². The van der Waals surface area contributed by atoms with Gasteiger partial charge in [0.2, 0.25) is 5.91 Å². The molecule has 0 saturated heterocycles. The molecule has 0 saturated carbocycles. The molecule has 1 amide bonds. The summed E-state index contributed by atoms with van der Waals surface area (Å²) in [5.41, 5.74) is 6.17. The number of carbonyl (C=O) groups excluding carboxylic acids is 1. The predicted octanol–water partition coefficient (Wildman–Crippen LogP) is 4.55. The molecule has 0 spiro atoms. The molecular formula is C19H19N3O. The van der Waals surface area contributed by atoms with E-state index in [9.17, 15) is 4.79 Å². The fourth-order valence-electron chi connectivity index (χ4n) is 2.72. The number of rotatable bonds is 3. The third-order valence-electron chi connectivity index (χ3n) is 3.66. The Morgan fingerprint density at radius 1 is 1.00 bits per heavy atom. The number of hydrogen-bond acceptors (Lipinski definition) is 3. The van der Waals surface area contributed by atoms with Gasteiger partial charge in [-0.3, -0.25) is 9.78 Å². The molecule has 0 aliphatic carbocycles. The second-order valence-electron chi connectivity index (χ2n) is 5.72. The Kier molecular flexibility index (Phi) is 3.98. The summed E-state index contributed by atoms with van der Waals surface area (Å²) in [6.45, 7) is 5.67. The van der Waals surface area contributed by atoms with E-state index in [2.05, 4.69) is 41.6 Å². The molecule has 0 radical (unpaired) electrons. The standard InChI is InChI=1S/C19H19N3O/c1-12-10-13(2)19-17(11-12)18(8-9-20-19)22-16-6-4-15(5-7-16)21-14(3)23/h4-11H,1-3H3,(H,20,22)(H,21,23). The van der Waals surface area contributed by atoms with Crippen LogP contribution in [0.4, 0.5) is 17.1 Å². The van der Waals surface area contributed by atoms with Crippen LogP contribution in [0.5, 0.6) is 0 Å². The van der Waals surface area contributed by atoms with E-state index < -0.39 is 0 Å². The third kappa shape index (κ3) is 3.31. The number of amides is 1. The SMILES string of the molecule is CC(=O)Nc1ccc(Nc2ccnc3c(C)cc(C)cc23)cc1. The first kappa shape index (κ1) is 15.0. The maximum atomic E-state index is 11.1. The van der Waals surface area contributed by atoms with Gasteiger partial charge in [-0.15, -0.1) is 0 Å². The summed E-state index contributed by atoms with van der Waals surface area (Å²) >= 11 is 0. The fourth-order valence-corrected chi connectivity index (χ4v) is 2.72. The van der Waals surface area contributed by atoms with Crippen molar-refractivity contribution in [2.45, 2.75) is 20.8 Å². The molecule has 1 aromatic heterocycles. The van der Waals surface area contributed by atoms with Crippen molar-refractivity contribution < 1.29 is 4.79 Å². The maximum Gasteiger partial charge on any atom is 0.221 e. The molecular weight excluding hydrogens is 286 g/mol. The van der Waals surface area contributed by atoms with Gasteiger partial charge in [0.15, 0.2) is 0 Å². The lowest BCUT2D eigenvalue weighted by Crippen LogP contribution is -2.05. The highest BCUT2D eigenvalue weighted by molar-refractivity contribution is 5.95. The fraction of sp³-hybridized carbons (Fsp3) is 0.158. The number of nitrogens with one attached hydrogen (secondary N) is 2. The highest BCUT2D eigenvalue weighted by Gasteiger charge is 2.06. The van der Waals surface area contributed by atoms with Crippen molar-refractivity contribution in [1.82, 2.24) is 4.98 Å². The van der Waals surface area contributed by atoms with Gasteiger partial charge in [-0.25, -0.2) is 0 Å². The average Bonchev–Trinajstić information content (AvgIpc) is 2.49. The minimum absolute atomic E-state index is 0.0724. The Hall–Kier alpha value is -2.88. The monoisotopic (exact) mass is 305 g/mol. The number of nitrogens with zero attached hydrogens (tertiary/aromatic N) is 1. The number of pyridine rings is 1. The molecule has 0 aliphatic rings. The third-order valence-corrected chi connectivity index (χ3v) is 3.66. The van der Waals surface area contributed by atoms with Gasteiger partial charge in [0.05, 0.1) is 5.52 Å². The Morgan fingerprint density at radius 2 is 1.70 bits per heavy atom. The van der Waals surface area contributed by atoms with Gasteiger partial charge in [0, 0.05) is 35.6 Å². The largest absolute Gasteiger partial charge is 0.355 e. The lowest BCUT2D eigenvalue weighted by atomic mass is 10.1. The van der Waals surface area contributed by atoms with Crippen molar-refractivity contribution in [1.29, 1.82) is 0 Å². The summed E-state index contributed by atoms with van der Waals surface area (Å²) in [6.07, 6.45) is 1.82. The first-order valence-corrected chi connectivity index (χ1v) is 7.53. The zero-order chi connectivity index (χ0) is 16.4. The van der Waals surface area contributed by atoms with Crippen molar-refractivity contribution in [3.05, 3.63) is 59.8 Å². The van der Waals surface area contributed by atoms with Crippen molar-refractivity contribution in [3.8, 4) is 0 Å². The summed E-state index contributed by atoms with van der Waals surface area (Å²) in [5, 5.41) is 7.30. The van der Waals surface area contributed by atoms with Gasteiger partial charge in [-0.2, -0.15) is 0 Å². The number of aryl methyl sites for hydroxylation is 2. The van der Waals surface area contributed by atoms with Crippen LogP contribution in [0.2, 0.25) is 0 Å². The Morgan fingerprint density at radius 3 is 2.39 bits per heavy atom. The number of hydrogen-bond donors (Lipinski definition) is 2. The molecule has 0 atom stereocenters. The lowest BCUT2D eigenvalue weighted by molar-refractivity contribution is -0.114. The van der Waals surface area contributed by atoms with E-state index in [-0.39, 0.29) is 5.91 Å². The van der Waals surface area contributed by atoms with Crippen molar-refractivity contribution in [2.24, 2.45) is 0 Å². The van der Waals surface area contributed by atoms with E-state index in [4.69, 9.17) is 0 Å². The van der Waals surface area contributed by atoms with Gasteiger partial charge >= 0.3 is 0 Å². The van der Waals surface area contributed by atoms with Gasteiger partial charge in [0.1, 0.15) is 0 Å². The van der Waals surface area contributed by atoms with Crippen molar-refractivity contribution in [2.75, 3.05) is 10.6 Å². The number of fused-ring (bicyclic) bond motifs is 1. The van der Waals surface area contributed by atoms with Crippen LogP contribution in [0.1, 0.15) is 18.1 Å². The molecule has 116 valence electrons. The first-order valence-electron chi connectivity index (χ1n) is 7.53. The number of anilines is 3. The second-order valence-corrected chi connectivity index (χ2v) is 5.72. The van der Waals surface area contributed by atoms with Gasteiger partial charge in [0.25, 0.3) is 0 Å². The smallest absolute Gasteiger partial charge is 0.221 e. The summed E-state index contributed by atoms with van der Waals surface area (Å²) in [4.78, 5) is 15.5. The Balaban J connectivity index is 1.94. The van der Waals surface area contributed by atoms with Crippen molar-refractivity contribution in [3.63, 3.8) is 0 Å². The summed E-state index contributed by atoms with van der Waals surface area (Å²) in [6, 6.07) is 13.9. The number of carbonyl (C=O) groups is 1. The molecule has 3 aromatic rings. The molecule has 0 aliphatic heterocycles. The number of benzene rings is 2. The van der Waals surface area contributed by atoms with E-state index >= 15 is 0 Å². The predicted molar refractivity (Wildman–Crippen MR) is 95.2 cm³/mol. The van der Waals surface area contributed by atoms with Crippen LogP contribution in [0.25, 0.3) is 10.9 Å². The van der Waals surface area contributed by atoms with Crippen LogP contribution >= 0.6 is 0 Å². The normalized spacial score (nSPS) is 10.6. The molecule has 23 heavy (non-hydrogen) atoms. The van der Waals surface area contributed by atoms with Crippen molar-refractivity contribution >= 4 is 33.9 Å². The molecule has 2 aromatic carbocycles. The topological polar surface area (TPSA) is 54.0 Å². The zero-order valence-electron chi connectivity index (χ0n) is 13.5. The minimum Gasteiger partial charge on any atom is -0.355 e. The molecule has 4 nitrogen and oxygen atoms in total. The van der Waals surface area contributed by atoms with Crippen LogP contribution in [-0.4, -0.2) is 10.9 Å². The van der Waals surface area contributed by atoms with Crippen LogP contribution in [0.3, 0.4) is 0 Å². The molecule has 4 heteroatoms. The van der Waals surface area contributed by atoms with Gasteiger partial charge in [-0.05, 0) is 55.8 Å². The molecule has 0 fully saturated rings. The van der Waals surface area contributed by atoms with Crippen LogP contribution in [0.15, 0.2) is 48.7 Å². The maximum absolute atomic E-state index is 11.1. The highest BCUT2D eigenvalue weighted by Crippen LogP contribution is 2.28. The quantitative estimate of drug-likeness (QED) is 0.746. The molecule has 3 rings (SSSR count). The zero-order valence-corrected chi connectivity index (χ0v) is 13.5. The highest BCUT2D eigenvalue weighted by atomic mass is 16.1. The molecule has 0 unspecified atom stereocenters. The first-order chi connectivity index (χ1) is 11.0. The summed E-state index contributed by atoms with van der Waals surface area (Å²) in [5.74, 6) is -0.0724. The van der Waals surface area contributed by atoms with Gasteiger partial charge in [-0.1, -0.05) is 11.6 Å².